The molecule has 1 unspecified atom stereocenters. The van der Waals surface area contributed by atoms with Crippen LogP contribution in [0, 0.1) is 11.2 Å². The van der Waals surface area contributed by atoms with Crippen LogP contribution in [-0.4, -0.2) is 68.4 Å². The number of halogens is 2. The van der Waals surface area contributed by atoms with Crippen LogP contribution in [0.2, 0.25) is 0 Å². The first-order valence-corrected chi connectivity index (χ1v) is 11.4. The minimum absolute atomic E-state index is 0. The molecular weight excluding hydrogens is 510 g/mol. The Labute approximate surface area is 203 Å². The van der Waals surface area contributed by atoms with Crippen molar-refractivity contribution >= 4 is 29.9 Å². The van der Waals surface area contributed by atoms with Gasteiger partial charge in [-0.05, 0) is 25.8 Å². The molecule has 2 fully saturated rings. The van der Waals surface area contributed by atoms with Crippen LogP contribution in [0.25, 0.3) is 0 Å². The van der Waals surface area contributed by atoms with Crippen LogP contribution in [0.3, 0.4) is 0 Å². The van der Waals surface area contributed by atoms with Crippen molar-refractivity contribution in [2.75, 3.05) is 52.5 Å². The topological polar surface area (TPSA) is 69.1 Å². The highest BCUT2D eigenvalue weighted by atomic mass is 127. The average Bonchev–Trinajstić information content (AvgIpc) is 2.77. The number of rotatable bonds is 8. The van der Waals surface area contributed by atoms with E-state index in [-0.39, 0.29) is 41.8 Å². The minimum atomic E-state index is -0.924. The van der Waals surface area contributed by atoms with E-state index in [1.165, 1.54) is 38.2 Å². The Morgan fingerprint density at radius 3 is 2.58 bits per heavy atom. The van der Waals surface area contributed by atoms with Crippen LogP contribution in [0.4, 0.5) is 4.39 Å². The molecule has 1 aromatic carbocycles. The molecule has 1 saturated heterocycles. The van der Waals surface area contributed by atoms with Gasteiger partial charge in [-0.1, -0.05) is 37.5 Å². The smallest absolute Gasteiger partial charge is 0.191 e. The molecule has 6 nitrogen and oxygen atoms in total. The standard InChI is InChI=1S/C23H37FN4O2.HI/c1-2-25-22(26-16-21(29)19-8-4-5-9-20(19)24)27-17-23(10-6-3-7-11-23)18-28-12-14-30-15-13-28;/h4-5,8-9,21,29H,2-3,6-7,10-18H2,1H3,(H2,25,26,27);1H. The Morgan fingerprint density at radius 2 is 1.90 bits per heavy atom. The predicted octanol–water partition coefficient (Wildman–Crippen LogP) is 3.31. The number of guanidine groups is 1. The van der Waals surface area contributed by atoms with Gasteiger partial charge in [0.15, 0.2) is 5.96 Å². The first-order chi connectivity index (χ1) is 14.6. The molecule has 1 saturated carbocycles. The molecule has 31 heavy (non-hydrogen) atoms. The van der Waals surface area contributed by atoms with Gasteiger partial charge in [-0.15, -0.1) is 24.0 Å². The van der Waals surface area contributed by atoms with Gasteiger partial charge in [-0.2, -0.15) is 0 Å². The summed E-state index contributed by atoms with van der Waals surface area (Å²) in [5.74, 6) is 0.292. The van der Waals surface area contributed by atoms with Crippen molar-refractivity contribution in [2.24, 2.45) is 10.4 Å². The normalized spacial score (nSPS) is 20.5. The van der Waals surface area contributed by atoms with E-state index >= 15 is 0 Å². The monoisotopic (exact) mass is 548 g/mol. The summed E-state index contributed by atoms with van der Waals surface area (Å²) >= 11 is 0. The van der Waals surface area contributed by atoms with E-state index in [9.17, 15) is 9.50 Å². The van der Waals surface area contributed by atoms with Crippen LogP contribution in [0.5, 0.6) is 0 Å². The Bertz CT molecular complexity index is 679. The molecule has 176 valence electrons. The van der Waals surface area contributed by atoms with Gasteiger partial charge in [0.05, 0.1) is 19.3 Å². The highest BCUT2D eigenvalue weighted by Gasteiger charge is 2.34. The van der Waals surface area contributed by atoms with E-state index in [1.54, 1.807) is 18.2 Å². The largest absolute Gasteiger partial charge is 0.386 e. The summed E-state index contributed by atoms with van der Waals surface area (Å²) in [6.07, 6.45) is 5.30. The lowest BCUT2D eigenvalue weighted by molar-refractivity contribution is 0.00937. The van der Waals surface area contributed by atoms with E-state index in [2.05, 4.69) is 15.5 Å². The van der Waals surface area contributed by atoms with Gasteiger partial charge in [0.25, 0.3) is 0 Å². The fourth-order valence-corrected chi connectivity index (χ4v) is 4.54. The highest BCUT2D eigenvalue weighted by Crippen LogP contribution is 2.37. The lowest BCUT2D eigenvalue weighted by Gasteiger charge is -2.41. The molecule has 0 spiro atoms. The highest BCUT2D eigenvalue weighted by molar-refractivity contribution is 14.0. The second kappa shape index (κ2) is 13.5. The van der Waals surface area contributed by atoms with Crippen molar-refractivity contribution in [3.8, 4) is 0 Å². The van der Waals surface area contributed by atoms with Gasteiger partial charge in [0.1, 0.15) is 5.82 Å². The Balaban J connectivity index is 0.00000341. The van der Waals surface area contributed by atoms with Gasteiger partial charge in [-0.3, -0.25) is 9.89 Å². The summed E-state index contributed by atoms with van der Waals surface area (Å²) in [6.45, 7) is 8.43. The molecule has 0 amide bonds. The van der Waals surface area contributed by atoms with Crippen LogP contribution in [-0.2, 0) is 4.74 Å². The van der Waals surface area contributed by atoms with Crippen molar-refractivity contribution < 1.29 is 14.2 Å². The molecule has 1 atom stereocenters. The molecule has 3 rings (SSSR count). The Hall–Kier alpha value is -0.970. The van der Waals surface area contributed by atoms with Gasteiger partial charge in [0.2, 0.25) is 0 Å². The Kier molecular flexibility index (Phi) is 11.5. The fraction of sp³-hybridized carbons (Fsp3) is 0.696. The molecule has 1 aromatic rings. The third-order valence-corrected chi connectivity index (χ3v) is 6.22. The zero-order valence-electron chi connectivity index (χ0n) is 18.6. The molecule has 1 aliphatic carbocycles. The van der Waals surface area contributed by atoms with Crippen LogP contribution in [0.15, 0.2) is 29.3 Å². The molecule has 1 heterocycles. The van der Waals surface area contributed by atoms with Crippen LogP contribution >= 0.6 is 24.0 Å². The summed E-state index contributed by atoms with van der Waals surface area (Å²) in [4.78, 5) is 7.41. The Morgan fingerprint density at radius 1 is 1.19 bits per heavy atom. The number of aliphatic imine (C=N–C) groups is 1. The summed E-state index contributed by atoms with van der Waals surface area (Å²) in [5.41, 5.74) is 0.499. The first kappa shape index (κ1) is 26.3. The van der Waals surface area contributed by atoms with Gasteiger partial charge >= 0.3 is 0 Å². The maximum atomic E-state index is 13.9. The van der Waals surface area contributed by atoms with Crippen molar-refractivity contribution in [1.29, 1.82) is 0 Å². The second-order valence-corrected chi connectivity index (χ2v) is 8.56. The van der Waals surface area contributed by atoms with Gasteiger partial charge in [0, 0.05) is 50.2 Å². The summed E-state index contributed by atoms with van der Waals surface area (Å²) < 4.78 is 19.4. The van der Waals surface area contributed by atoms with Crippen LogP contribution < -0.4 is 10.6 Å². The zero-order valence-corrected chi connectivity index (χ0v) is 20.9. The van der Waals surface area contributed by atoms with Gasteiger partial charge in [-0.25, -0.2) is 4.39 Å². The summed E-state index contributed by atoms with van der Waals surface area (Å²) in [6, 6.07) is 6.35. The van der Waals surface area contributed by atoms with Crippen molar-refractivity contribution in [3.05, 3.63) is 35.6 Å². The SMILES string of the molecule is CCNC(=NCC1(CN2CCOCC2)CCCCC1)NCC(O)c1ccccc1F.I. The second-order valence-electron chi connectivity index (χ2n) is 8.56. The van der Waals surface area contributed by atoms with Gasteiger partial charge < -0.3 is 20.5 Å². The molecule has 0 radical (unpaired) electrons. The lowest BCUT2D eigenvalue weighted by Crippen LogP contribution is -2.47. The van der Waals surface area contributed by atoms with E-state index in [0.29, 0.717) is 11.5 Å². The fourth-order valence-electron chi connectivity index (χ4n) is 4.54. The maximum Gasteiger partial charge on any atom is 0.191 e. The number of hydrogen-bond acceptors (Lipinski definition) is 4. The number of aliphatic hydroxyl groups is 1. The number of benzene rings is 1. The third-order valence-electron chi connectivity index (χ3n) is 6.22. The zero-order chi connectivity index (χ0) is 21.2. The number of morpholine rings is 1. The quantitative estimate of drug-likeness (QED) is 0.264. The van der Waals surface area contributed by atoms with E-state index in [1.807, 2.05) is 6.92 Å². The molecule has 8 heteroatoms. The minimum Gasteiger partial charge on any atom is -0.386 e. The number of nitrogens with one attached hydrogen (secondary N) is 2. The predicted molar refractivity (Wildman–Crippen MR) is 134 cm³/mol. The number of hydrogen-bond donors (Lipinski definition) is 3. The molecule has 1 aliphatic heterocycles. The molecule has 0 bridgehead atoms. The number of ether oxygens (including phenoxy) is 1. The molecule has 3 N–H and O–H groups in total. The molecule has 2 aliphatic rings. The number of nitrogens with zero attached hydrogens (tertiary/aromatic N) is 2. The first-order valence-electron chi connectivity index (χ1n) is 11.4. The summed E-state index contributed by atoms with van der Waals surface area (Å²) in [5, 5.41) is 16.9. The van der Waals surface area contributed by atoms with Crippen LogP contribution in [0.1, 0.15) is 50.7 Å². The molecular formula is C23H38FIN4O2. The van der Waals surface area contributed by atoms with E-state index in [0.717, 1.165) is 45.9 Å². The lowest BCUT2D eigenvalue weighted by atomic mass is 9.73. The van der Waals surface area contributed by atoms with E-state index in [4.69, 9.17) is 9.73 Å². The van der Waals surface area contributed by atoms with Crippen molar-refractivity contribution in [2.45, 2.75) is 45.1 Å². The maximum absolute atomic E-state index is 13.9. The molecule has 0 aromatic heterocycles. The average molecular weight is 548 g/mol. The van der Waals surface area contributed by atoms with Crippen molar-refractivity contribution in [3.63, 3.8) is 0 Å². The van der Waals surface area contributed by atoms with Crippen molar-refractivity contribution in [1.82, 2.24) is 15.5 Å². The van der Waals surface area contributed by atoms with E-state index < -0.39 is 6.10 Å². The number of aliphatic hydroxyl groups excluding tert-OH is 1. The third kappa shape index (κ3) is 8.14. The summed E-state index contributed by atoms with van der Waals surface area (Å²) in [7, 11) is 0.